The number of piperazine rings is 1. The van der Waals surface area contributed by atoms with E-state index in [1.165, 1.54) is 25.7 Å². The standard InChI is InChI=1S/C15H24N2O2/c1-15(2)14(19)16-5-6-17(15)13(18)9-12-8-10-3-4-11(12)7-10/h10-12H,3-9H2,1-2H3,(H,16,19). The Bertz CT molecular complexity index is 405. The molecule has 2 bridgehead atoms. The lowest BCUT2D eigenvalue weighted by Gasteiger charge is -2.42. The lowest BCUT2D eigenvalue weighted by molar-refractivity contribution is -0.150. The zero-order chi connectivity index (χ0) is 13.6. The molecule has 106 valence electrons. The molecule has 0 aromatic rings. The molecule has 4 nitrogen and oxygen atoms in total. The lowest BCUT2D eigenvalue weighted by Crippen LogP contribution is -2.63. The highest BCUT2D eigenvalue weighted by molar-refractivity contribution is 5.91. The van der Waals surface area contributed by atoms with Crippen LogP contribution in [0.2, 0.25) is 0 Å². The molecule has 0 aromatic carbocycles. The Kier molecular flexibility index (Phi) is 3.06. The molecule has 3 rings (SSSR count). The van der Waals surface area contributed by atoms with Crippen molar-refractivity contribution in [2.45, 2.75) is 51.5 Å². The van der Waals surface area contributed by atoms with Crippen molar-refractivity contribution >= 4 is 11.8 Å². The first-order chi connectivity index (χ1) is 8.98. The maximum atomic E-state index is 12.5. The third-order valence-corrected chi connectivity index (χ3v) is 5.47. The van der Waals surface area contributed by atoms with Crippen molar-refractivity contribution in [3.05, 3.63) is 0 Å². The Labute approximate surface area is 114 Å². The van der Waals surface area contributed by atoms with Gasteiger partial charge in [-0.15, -0.1) is 0 Å². The van der Waals surface area contributed by atoms with Crippen molar-refractivity contribution in [1.29, 1.82) is 0 Å². The van der Waals surface area contributed by atoms with Crippen molar-refractivity contribution in [3.63, 3.8) is 0 Å². The summed E-state index contributed by atoms with van der Waals surface area (Å²) in [6.45, 7) is 4.93. The van der Waals surface area contributed by atoms with Gasteiger partial charge in [-0.05, 0) is 50.9 Å². The molecule has 2 amide bonds. The second-order valence-corrected chi connectivity index (χ2v) is 7.00. The van der Waals surface area contributed by atoms with E-state index in [0.717, 1.165) is 11.8 Å². The highest BCUT2D eigenvalue weighted by atomic mass is 16.2. The number of carbonyl (C=O) groups is 2. The zero-order valence-corrected chi connectivity index (χ0v) is 11.9. The summed E-state index contributed by atoms with van der Waals surface area (Å²) >= 11 is 0. The summed E-state index contributed by atoms with van der Waals surface area (Å²) in [5.74, 6) is 2.38. The minimum atomic E-state index is -0.688. The van der Waals surface area contributed by atoms with E-state index in [1.807, 2.05) is 13.8 Å². The SMILES string of the molecule is CC1(C)C(=O)NCCN1C(=O)CC1CC2CCC1C2. The Morgan fingerprint density at radius 2 is 2.16 bits per heavy atom. The molecule has 3 fully saturated rings. The molecule has 3 atom stereocenters. The summed E-state index contributed by atoms with van der Waals surface area (Å²) in [7, 11) is 0. The predicted octanol–water partition coefficient (Wildman–Crippen LogP) is 1.55. The van der Waals surface area contributed by atoms with Crippen LogP contribution >= 0.6 is 0 Å². The second-order valence-electron chi connectivity index (χ2n) is 7.00. The van der Waals surface area contributed by atoms with Crippen LogP contribution in [-0.2, 0) is 9.59 Å². The van der Waals surface area contributed by atoms with Crippen LogP contribution < -0.4 is 5.32 Å². The Morgan fingerprint density at radius 1 is 1.37 bits per heavy atom. The molecule has 3 aliphatic rings. The van der Waals surface area contributed by atoms with Gasteiger partial charge in [-0.3, -0.25) is 9.59 Å². The van der Waals surface area contributed by atoms with Gasteiger partial charge in [0, 0.05) is 19.5 Å². The topological polar surface area (TPSA) is 49.4 Å². The Morgan fingerprint density at radius 3 is 2.79 bits per heavy atom. The molecule has 0 aromatic heterocycles. The zero-order valence-electron chi connectivity index (χ0n) is 11.9. The number of amides is 2. The molecule has 1 N–H and O–H groups in total. The first-order valence-corrected chi connectivity index (χ1v) is 7.57. The number of nitrogens with one attached hydrogen (secondary N) is 1. The summed E-state index contributed by atoms with van der Waals surface area (Å²) < 4.78 is 0. The van der Waals surface area contributed by atoms with Gasteiger partial charge in [0.05, 0.1) is 0 Å². The van der Waals surface area contributed by atoms with Gasteiger partial charge in [0.1, 0.15) is 5.54 Å². The average molecular weight is 264 g/mol. The monoisotopic (exact) mass is 264 g/mol. The number of hydrogen-bond acceptors (Lipinski definition) is 2. The first kappa shape index (κ1) is 12.9. The number of hydrogen-bond donors (Lipinski definition) is 1. The van der Waals surface area contributed by atoms with Gasteiger partial charge in [-0.2, -0.15) is 0 Å². The number of carbonyl (C=O) groups excluding carboxylic acids is 2. The van der Waals surface area contributed by atoms with E-state index in [0.29, 0.717) is 25.4 Å². The van der Waals surface area contributed by atoms with E-state index in [-0.39, 0.29) is 11.8 Å². The van der Waals surface area contributed by atoms with Crippen LogP contribution in [0.25, 0.3) is 0 Å². The van der Waals surface area contributed by atoms with Gasteiger partial charge in [-0.25, -0.2) is 0 Å². The summed E-state index contributed by atoms with van der Waals surface area (Å²) in [5.41, 5.74) is -0.688. The average Bonchev–Trinajstić information content (AvgIpc) is 2.94. The molecule has 0 spiro atoms. The van der Waals surface area contributed by atoms with Gasteiger partial charge in [0.15, 0.2) is 0 Å². The van der Waals surface area contributed by atoms with Crippen molar-refractivity contribution < 1.29 is 9.59 Å². The number of nitrogens with zero attached hydrogens (tertiary/aromatic N) is 1. The van der Waals surface area contributed by atoms with Crippen LogP contribution in [-0.4, -0.2) is 35.3 Å². The van der Waals surface area contributed by atoms with E-state index in [4.69, 9.17) is 0 Å². The second kappa shape index (κ2) is 4.50. The third kappa shape index (κ3) is 2.15. The normalized spacial score (nSPS) is 36.4. The van der Waals surface area contributed by atoms with Crippen LogP contribution in [0.5, 0.6) is 0 Å². The van der Waals surface area contributed by atoms with E-state index in [9.17, 15) is 9.59 Å². The molecule has 1 saturated heterocycles. The van der Waals surface area contributed by atoms with E-state index < -0.39 is 5.54 Å². The lowest BCUT2D eigenvalue weighted by atomic mass is 9.85. The van der Waals surface area contributed by atoms with Crippen LogP contribution in [0.3, 0.4) is 0 Å². The van der Waals surface area contributed by atoms with Crippen molar-refractivity contribution in [2.75, 3.05) is 13.1 Å². The molecule has 1 heterocycles. The Hall–Kier alpha value is -1.06. The van der Waals surface area contributed by atoms with Gasteiger partial charge in [0.25, 0.3) is 0 Å². The quantitative estimate of drug-likeness (QED) is 0.822. The van der Waals surface area contributed by atoms with Gasteiger partial charge in [0.2, 0.25) is 11.8 Å². The minimum absolute atomic E-state index is 0.0277. The molecule has 3 unspecified atom stereocenters. The molecule has 0 radical (unpaired) electrons. The summed E-state index contributed by atoms with van der Waals surface area (Å²) in [4.78, 5) is 26.2. The molecule has 4 heteroatoms. The third-order valence-electron chi connectivity index (χ3n) is 5.47. The van der Waals surface area contributed by atoms with Crippen LogP contribution in [0, 0.1) is 17.8 Å². The van der Waals surface area contributed by atoms with E-state index in [1.54, 1.807) is 4.90 Å². The van der Waals surface area contributed by atoms with Gasteiger partial charge < -0.3 is 10.2 Å². The highest BCUT2D eigenvalue weighted by Gasteiger charge is 2.44. The van der Waals surface area contributed by atoms with Crippen molar-refractivity contribution in [1.82, 2.24) is 10.2 Å². The van der Waals surface area contributed by atoms with Crippen LogP contribution in [0.1, 0.15) is 46.0 Å². The van der Waals surface area contributed by atoms with Crippen LogP contribution in [0.4, 0.5) is 0 Å². The molecule has 2 aliphatic carbocycles. The maximum Gasteiger partial charge on any atom is 0.245 e. The molecular formula is C15H24N2O2. The highest BCUT2D eigenvalue weighted by Crippen LogP contribution is 2.49. The summed E-state index contributed by atoms with van der Waals surface area (Å²) in [6.07, 6.45) is 5.90. The molecule has 19 heavy (non-hydrogen) atoms. The van der Waals surface area contributed by atoms with Crippen LogP contribution in [0.15, 0.2) is 0 Å². The van der Waals surface area contributed by atoms with E-state index >= 15 is 0 Å². The summed E-state index contributed by atoms with van der Waals surface area (Å²) in [6, 6.07) is 0. The fourth-order valence-corrected chi connectivity index (χ4v) is 4.30. The predicted molar refractivity (Wildman–Crippen MR) is 72.4 cm³/mol. The smallest absolute Gasteiger partial charge is 0.245 e. The Balaban J connectivity index is 1.65. The fraction of sp³-hybridized carbons (Fsp3) is 0.867. The van der Waals surface area contributed by atoms with Gasteiger partial charge in [-0.1, -0.05) is 6.42 Å². The molecule has 1 aliphatic heterocycles. The number of fused-ring (bicyclic) bond motifs is 2. The first-order valence-electron chi connectivity index (χ1n) is 7.57. The van der Waals surface area contributed by atoms with Crippen molar-refractivity contribution in [2.24, 2.45) is 17.8 Å². The molecular weight excluding hydrogens is 240 g/mol. The maximum absolute atomic E-state index is 12.5. The minimum Gasteiger partial charge on any atom is -0.352 e. The van der Waals surface area contributed by atoms with Gasteiger partial charge >= 0.3 is 0 Å². The fourth-order valence-electron chi connectivity index (χ4n) is 4.30. The van der Waals surface area contributed by atoms with E-state index in [2.05, 4.69) is 5.32 Å². The largest absolute Gasteiger partial charge is 0.352 e. The van der Waals surface area contributed by atoms with Crippen molar-refractivity contribution in [3.8, 4) is 0 Å². The molecule has 2 saturated carbocycles. The number of rotatable bonds is 2. The summed E-state index contributed by atoms with van der Waals surface area (Å²) in [5, 5.41) is 2.84.